The van der Waals surface area contributed by atoms with E-state index in [1.807, 2.05) is 0 Å². The summed E-state index contributed by atoms with van der Waals surface area (Å²) in [4.78, 5) is 17.9. The molecule has 0 unspecified atom stereocenters. The topological polar surface area (TPSA) is 61.9 Å². The molecule has 1 aliphatic heterocycles. The second-order valence-corrected chi connectivity index (χ2v) is 6.79. The predicted octanol–water partition coefficient (Wildman–Crippen LogP) is 3.91. The molecule has 3 heterocycles. The van der Waals surface area contributed by atoms with Crippen LogP contribution in [0.4, 0.5) is 13.2 Å². The molecule has 1 atom stereocenters. The number of aromatic nitrogens is 3. The number of amides is 1. The Morgan fingerprint density at radius 3 is 2.75 bits per heavy atom. The summed E-state index contributed by atoms with van der Waals surface area (Å²) in [5, 5.41) is 7.06. The summed E-state index contributed by atoms with van der Waals surface area (Å²) in [6.07, 6.45) is 2.87. The number of H-pyrrole nitrogens is 1. The van der Waals surface area contributed by atoms with Crippen molar-refractivity contribution in [2.75, 3.05) is 13.1 Å². The van der Waals surface area contributed by atoms with Gasteiger partial charge in [0.25, 0.3) is 5.91 Å². The van der Waals surface area contributed by atoms with Crippen LogP contribution in [0.2, 0.25) is 0 Å². The highest BCUT2D eigenvalue weighted by Crippen LogP contribution is 2.30. The van der Waals surface area contributed by atoms with Gasteiger partial charge in [-0.2, -0.15) is 9.49 Å². The first kappa shape index (κ1) is 18.2. The highest BCUT2D eigenvalue weighted by atomic mass is 19.1. The van der Waals surface area contributed by atoms with E-state index in [9.17, 15) is 18.0 Å². The average molecular weight is 386 g/mol. The number of nitrogens with one attached hydrogen (secondary N) is 1. The van der Waals surface area contributed by atoms with Crippen LogP contribution in [-0.2, 0) is 0 Å². The molecule has 2 aromatic heterocycles. The maximum absolute atomic E-state index is 14.0. The van der Waals surface area contributed by atoms with Crippen LogP contribution in [0.15, 0.2) is 42.6 Å². The van der Waals surface area contributed by atoms with Gasteiger partial charge in [0.2, 0.25) is 5.95 Å². The van der Waals surface area contributed by atoms with E-state index >= 15 is 0 Å². The molecule has 1 N–H and O–H groups in total. The summed E-state index contributed by atoms with van der Waals surface area (Å²) in [6, 6.07) is 7.66. The van der Waals surface area contributed by atoms with E-state index < -0.39 is 17.6 Å². The fourth-order valence-electron chi connectivity index (χ4n) is 3.48. The van der Waals surface area contributed by atoms with E-state index in [1.54, 1.807) is 11.0 Å². The molecule has 1 aromatic carbocycles. The molecule has 1 aliphatic rings. The molecule has 5 nitrogen and oxygen atoms in total. The zero-order valence-electron chi connectivity index (χ0n) is 14.8. The highest BCUT2D eigenvalue weighted by Gasteiger charge is 2.27. The van der Waals surface area contributed by atoms with Crippen molar-refractivity contribution in [2.45, 2.75) is 18.8 Å². The van der Waals surface area contributed by atoms with Gasteiger partial charge in [0.05, 0.1) is 11.3 Å². The molecule has 1 fully saturated rings. The minimum absolute atomic E-state index is 0.0101. The van der Waals surface area contributed by atoms with Crippen LogP contribution < -0.4 is 0 Å². The van der Waals surface area contributed by atoms with E-state index in [2.05, 4.69) is 15.2 Å². The van der Waals surface area contributed by atoms with E-state index in [4.69, 9.17) is 0 Å². The minimum Gasteiger partial charge on any atom is -0.338 e. The molecule has 0 radical (unpaired) electrons. The summed E-state index contributed by atoms with van der Waals surface area (Å²) in [7, 11) is 0. The van der Waals surface area contributed by atoms with Crippen LogP contribution >= 0.6 is 0 Å². The molecule has 0 aliphatic carbocycles. The Bertz CT molecular complexity index is 1000. The van der Waals surface area contributed by atoms with Crippen molar-refractivity contribution in [1.82, 2.24) is 20.1 Å². The van der Waals surface area contributed by atoms with Gasteiger partial charge in [-0.25, -0.2) is 13.8 Å². The van der Waals surface area contributed by atoms with Crippen molar-refractivity contribution in [3.8, 4) is 11.3 Å². The average Bonchev–Trinajstić information content (AvgIpc) is 3.18. The van der Waals surface area contributed by atoms with Crippen LogP contribution in [0, 0.1) is 17.6 Å². The number of likely N-dealkylation sites (tertiary alicyclic amines) is 1. The Hall–Kier alpha value is -3.16. The Morgan fingerprint density at radius 1 is 1.14 bits per heavy atom. The number of benzene rings is 1. The van der Waals surface area contributed by atoms with Crippen LogP contribution in [0.1, 0.15) is 34.8 Å². The summed E-state index contributed by atoms with van der Waals surface area (Å²) in [6.45, 7) is 1.06. The number of carbonyl (C=O) groups is 1. The number of hydrogen-bond donors (Lipinski definition) is 1. The number of nitrogens with zero attached hydrogens (tertiary/aromatic N) is 3. The Balaban J connectivity index is 1.51. The zero-order valence-corrected chi connectivity index (χ0v) is 14.8. The first-order valence-corrected chi connectivity index (χ1v) is 8.93. The molecule has 144 valence electrons. The lowest BCUT2D eigenvalue weighted by Gasteiger charge is -2.32. The van der Waals surface area contributed by atoms with E-state index in [0.717, 1.165) is 30.7 Å². The monoisotopic (exact) mass is 386 g/mol. The van der Waals surface area contributed by atoms with Crippen molar-refractivity contribution in [3.05, 3.63) is 71.4 Å². The number of hydrogen-bond acceptors (Lipinski definition) is 3. The summed E-state index contributed by atoms with van der Waals surface area (Å²) in [5.41, 5.74) is 1.72. The molecule has 0 bridgehead atoms. The zero-order chi connectivity index (χ0) is 19.7. The first-order valence-electron chi connectivity index (χ1n) is 8.93. The van der Waals surface area contributed by atoms with Crippen LogP contribution in [-0.4, -0.2) is 39.1 Å². The molecular weight excluding hydrogens is 369 g/mol. The van der Waals surface area contributed by atoms with Gasteiger partial charge in [-0.1, -0.05) is 0 Å². The smallest absolute Gasteiger partial charge is 0.255 e. The van der Waals surface area contributed by atoms with Crippen molar-refractivity contribution in [1.29, 1.82) is 0 Å². The van der Waals surface area contributed by atoms with Crippen LogP contribution in [0.3, 0.4) is 0 Å². The normalized spacial score (nSPS) is 17.0. The number of halogens is 3. The lowest BCUT2D eigenvalue weighted by Crippen LogP contribution is -2.39. The quantitative estimate of drug-likeness (QED) is 0.695. The minimum atomic E-state index is -0.678. The van der Waals surface area contributed by atoms with Crippen LogP contribution in [0.5, 0.6) is 0 Å². The van der Waals surface area contributed by atoms with Crippen molar-refractivity contribution >= 4 is 5.91 Å². The number of aromatic amines is 1. The predicted molar refractivity (Wildman–Crippen MR) is 96.0 cm³/mol. The van der Waals surface area contributed by atoms with Crippen LogP contribution in [0.25, 0.3) is 11.3 Å². The van der Waals surface area contributed by atoms with Gasteiger partial charge in [-0.15, -0.1) is 0 Å². The molecule has 1 saturated heterocycles. The van der Waals surface area contributed by atoms with Crippen molar-refractivity contribution in [2.24, 2.45) is 0 Å². The number of pyridine rings is 1. The second kappa shape index (κ2) is 7.46. The Kier molecular flexibility index (Phi) is 4.85. The number of piperidine rings is 1. The maximum atomic E-state index is 14.0. The summed E-state index contributed by atoms with van der Waals surface area (Å²) in [5.74, 6) is -2.15. The summed E-state index contributed by atoms with van der Waals surface area (Å²) >= 11 is 0. The molecule has 0 spiro atoms. The summed E-state index contributed by atoms with van der Waals surface area (Å²) < 4.78 is 40.1. The Morgan fingerprint density at radius 2 is 2.00 bits per heavy atom. The van der Waals surface area contributed by atoms with Gasteiger partial charge in [0, 0.05) is 42.5 Å². The second-order valence-electron chi connectivity index (χ2n) is 6.79. The Labute approximate surface area is 159 Å². The fourth-order valence-corrected chi connectivity index (χ4v) is 3.48. The molecule has 28 heavy (non-hydrogen) atoms. The molecule has 1 amide bonds. The van der Waals surface area contributed by atoms with Crippen molar-refractivity contribution < 1.29 is 18.0 Å². The van der Waals surface area contributed by atoms with E-state index in [-0.39, 0.29) is 17.4 Å². The van der Waals surface area contributed by atoms with Gasteiger partial charge in [0.15, 0.2) is 0 Å². The fraction of sp³-hybridized carbons (Fsp3) is 0.250. The number of carbonyl (C=O) groups excluding carboxylic acids is 1. The lowest BCUT2D eigenvalue weighted by atomic mass is 9.94. The number of rotatable bonds is 3. The van der Waals surface area contributed by atoms with E-state index in [1.165, 1.54) is 24.4 Å². The molecule has 8 heteroatoms. The maximum Gasteiger partial charge on any atom is 0.255 e. The SMILES string of the molecule is O=C(c1ccc(F)nc1)N1CCC[C@H](c2cc(-c3ccc(F)cc3F)n[nH]2)C1. The molecule has 0 saturated carbocycles. The van der Waals surface area contributed by atoms with Gasteiger partial charge in [-0.3, -0.25) is 9.89 Å². The standard InChI is InChI=1S/C20H17F3N4O/c21-14-4-5-15(16(22)8-14)18-9-17(25-26-18)13-2-1-7-27(11-13)20(28)12-3-6-19(23)24-10-12/h3-6,8-10,13H,1-2,7,11H2,(H,25,26)/t13-/m0/s1. The largest absolute Gasteiger partial charge is 0.338 e. The molecule has 3 aromatic rings. The van der Waals surface area contributed by atoms with Gasteiger partial charge < -0.3 is 4.90 Å². The molecule has 4 rings (SSSR count). The third-order valence-corrected chi connectivity index (χ3v) is 4.93. The van der Waals surface area contributed by atoms with Gasteiger partial charge >= 0.3 is 0 Å². The highest BCUT2D eigenvalue weighted by molar-refractivity contribution is 5.94. The van der Waals surface area contributed by atoms with Gasteiger partial charge in [0.1, 0.15) is 11.6 Å². The third-order valence-electron chi connectivity index (χ3n) is 4.93. The first-order chi connectivity index (χ1) is 13.5. The molecular formula is C20H17F3N4O. The van der Waals surface area contributed by atoms with E-state index in [0.29, 0.717) is 24.3 Å². The lowest BCUT2D eigenvalue weighted by molar-refractivity contribution is 0.0705. The van der Waals surface area contributed by atoms with Crippen molar-refractivity contribution in [3.63, 3.8) is 0 Å². The van der Waals surface area contributed by atoms with Gasteiger partial charge in [-0.05, 0) is 43.2 Å². The third kappa shape index (κ3) is 3.62.